The fraction of sp³-hybridized carbons (Fsp3) is 0.130. The molecule has 0 saturated carbocycles. The molecule has 34 heavy (non-hydrogen) atoms. The molecule has 0 aliphatic rings. The average Bonchev–Trinajstić information content (AvgIpc) is 2.79. The first-order valence-corrected chi connectivity index (χ1v) is 12.9. The van der Waals surface area contributed by atoms with Crippen LogP contribution >= 0.6 is 31.9 Å². The second kappa shape index (κ2) is 11.0. The highest BCUT2D eigenvalue weighted by atomic mass is 79.9. The Hall–Kier alpha value is -2.89. The standard InChI is InChI=1S/C23H21Br2N3O5S/c1-15-6-8-19(9-7-15)34(31,32)28(18-5-3-4-17(24)12-18)14-22(29)27-26-13-16-10-20(25)23(30)21(11-16)33-2/h3-13,30H,14H2,1-2H3,(H,27,29)/b26-13-. The van der Waals surface area contributed by atoms with Gasteiger partial charge >= 0.3 is 0 Å². The van der Waals surface area contributed by atoms with Crippen molar-refractivity contribution in [1.82, 2.24) is 5.43 Å². The summed E-state index contributed by atoms with van der Waals surface area (Å²) in [5, 5.41) is 13.8. The first-order valence-electron chi connectivity index (χ1n) is 9.85. The third-order valence-corrected chi connectivity index (χ3v) is 7.55. The van der Waals surface area contributed by atoms with E-state index in [1.54, 1.807) is 42.5 Å². The zero-order valence-electron chi connectivity index (χ0n) is 18.2. The first kappa shape index (κ1) is 25.7. The molecule has 0 aromatic heterocycles. The molecule has 11 heteroatoms. The third kappa shape index (κ3) is 6.16. The van der Waals surface area contributed by atoms with E-state index >= 15 is 0 Å². The molecule has 0 fully saturated rings. The molecule has 3 aromatic carbocycles. The predicted molar refractivity (Wildman–Crippen MR) is 138 cm³/mol. The van der Waals surface area contributed by atoms with Crippen molar-refractivity contribution in [1.29, 1.82) is 0 Å². The summed E-state index contributed by atoms with van der Waals surface area (Å²) in [5.41, 5.74) is 4.12. The van der Waals surface area contributed by atoms with Gasteiger partial charge in [0.15, 0.2) is 11.5 Å². The quantitative estimate of drug-likeness (QED) is 0.287. The Balaban J connectivity index is 1.84. The summed E-state index contributed by atoms with van der Waals surface area (Å²) in [5.74, 6) is -0.474. The summed E-state index contributed by atoms with van der Waals surface area (Å²) in [4.78, 5) is 12.7. The molecule has 0 spiro atoms. The van der Waals surface area contributed by atoms with Gasteiger partial charge in [0, 0.05) is 4.47 Å². The molecular formula is C23H21Br2N3O5S. The molecule has 1 amide bonds. The fourth-order valence-electron chi connectivity index (χ4n) is 2.95. The molecule has 0 radical (unpaired) electrons. The molecule has 0 bridgehead atoms. The van der Waals surface area contributed by atoms with Crippen LogP contribution in [0.3, 0.4) is 0 Å². The number of aromatic hydroxyl groups is 1. The van der Waals surface area contributed by atoms with E-state index in [2.05, 4.69) is 42.4 Å². The van der Waals surface area contributed by atoms with Crippen molar-refractivity contribution in [3.05, 3.63) is 80.7 Å². The first-order chi connectivity index (χ1) is 16.1. The lowest BCUT2D eigenvalue weighted by Gasteiger charge is -2.24. The molecule has 3 aromatic rings. The minimum absolute atomic E-state index is 0.0605. The van der Waals surface area contributed by atoms with Crippen LogP contribution in [-0.4, -0.2) is 39.3 Å². The molecular weight excluding hydrogens is 590 g/mol. The molecule has 0 unspecified atom stereocenters. The van der Waals surface area contributed by atoms with E-state index < -0.39 is 22.5 Å². The number of hydrazone groups is 1. The summed E-state index contributed by atoms with van der Waals surface area (Å²) in [6, 6.07) is 16.2. The van der Waals surface area contributed by atoms with Gasteiger partial charge in [-0.25, -0.2) is 13.8 Å². The largest absolute Gasteiger partial charge is 0.503 e. The van der Waals surface area contributed by atoms with Gasteiger partial charge in [0.2, 0.25) is 0 Å². The van der Waals surface area contributed by atoms with Gasteiger partial charge in [-0.3, -0.25) is 9.10 Å². The van der Waals surface area contributed by atoms with Crippen LogP contribution in [0, 0.1) is 6.92 Å². The topological polar surface area (TPSA) is 108 Å². The Labute approximate surface area is 214 Å². The number of halogens is 2. The number of benzene rings is 3. The maximum Gasteiger partial charge on any atom is 0.264 e. The Morgan fingerprint density at radius 3 is 2.50 bits per heavy atom. The summed E-state index contributed by atoms with van der Waals surface area (Å²) in [7, 11) is -2.62. The van der Waals surface area contributed by atoms with E-state index in [4.69, 9.17) is 4.74 Å². The molecule has 0 aliphatic carbocycles. The van der Waals surface area contributed by atoms with Crippen molar-refractivity contribution in [2.24, 2.45) is 5.10 Å². The van der Waals surface area contributed by atoms with Crippen molar-refractivity contribution < 1.29 is 23.1 Å². The van der Waals surface area contributed by atoms with Gasteiger partial charge in [-0.05, 0) is 70.9 Å². The lowest BCUT2D eigenvalue weighted by molar-refractivity contribution is -0.119. The van der Waals surface area contributed by atoms with Crippen LogP contribution in [0.5, 0.6) is 11.5 Å². The van der Waals surface area contributed by atoms with Crippen molar-refractivity contribution in [2.45, 2.75) is 11.8 Å². The highest BCUT2D eigenvalue weighted by Crippen LogP contribution is 2.34. The number of hydrogen-bond acceptors (Lipinski definition) is 6. The second-order valence-corrected chi connectivity index (χ2v) is 10.8. The smallest absolute Gasteiger partial charge is 0.264 e. The zero-order chi connectivity index (χ0) is 24.9. The minimum Gasteiger partial charge on any atom is -0.503 e. The number of phenolic OH excluding ortho intramolecular Hbond substituents is 1. The normalized spacial score (nSPS) is 11.4. The summed E-state index contributed by atoms with van der Waals surface area (Å²) in [6.45, 7) is 1.36. The van der Waals surface area contributed by atoms with Crippen LogP contribution in [0.2, 0.25) is 0 Å². The predicted octanol–water partition coefficient (Wildman–Crippen LogP) is 4.58. The summed E-state index contributed by atoms with van der Waals surface area (Å²) in [6.07, 6.45) is 1.35. The van der Waals surface area contributed by atoms with E-state index in [0.717, 1.165) is 9.87 Å². The molecule has 178 valence electrons. The number of aryl methyl sites for hydroxylation is 1. The van der Waals surface area contributed by atoms with Crippen LogP contribution in [0.1, 0.15) is 11.1 Å². The van der Waals surface area contributed by atoms with Crippen molar-refractivity contribution in [3.8, 4) is 11.5 Å². The van der Waals surface area contributed by atoms with Gasteiger partial charge in [0.1, 0.15) is 6.54 Å². The van der Waals surface area contributed by atoms with E-state index in [1.165, 1.54) is 31.5 Å². The summed E-state index contributed by atoms with van der Waals surface area (Å²) < 4.78 is 33.9. The lowest BCUT2D eigenvalue weighted by atomic mass is 10.2. The number of methoxy groups -OCH3 is 1. The average molecular weight is 611 g/mol. The number of phenols is 1. The van der Waals surface area contributed by atoms with Crippen LogP contribution in [0.25, 0.3) is 0 Å². The summed E-state index contributed by atoms with van der Waals surface area (Å²) >= 11 is 6.56. The van der Waals surface area contributed by atoms with E-state index in [0.29, 0.717) is 20.2 Å². The van der Waals surface area contributed by atoms with Gasteiger partial charge in [-0.1, -0.05) is 39.7 Å². The third-order valence-electron chi connectivity index (χ3n) is 4.67. The van der Waals surface area contributed by atoms with Gasteiger partial charge in [-0.2, -0.15) is 5.10 Å². The molecule has 8 nitrogen and oxygen atoms in total. The van der Waals surface area contributed by atoms with E-state index in [-0.39, 0.29) is 16.4 Å². The van der Waals surface area contributed by atoms with E-state index in [9.17, 15) is 18.3 Å². The highest BCUT2D eigenvalue weighted by Gasteiger charge is 2.27. The van der Waals surface area contributed by atoms with Crippen molar-refractivity contribution in [2.75, 3.05) is 18.0 Å². The maximum atomic E-state index is 13.4. The number of rotatable bonds is 8. The maximum absolute atomic E-state index is 13.4. The molecule has 2 N–H and O–H groups in total. The van der Waals surface area contributed by atoms with Crippen molar-refractivity contribution >= 4 is 59.7 Å². The van der Waals surface area contributed by atoms with Crippen LogP contribution in [0.4, 0.5) is 5.69 Å². The Bertz CT molecular complexity index is 1330. The van der Waals surface area contributed by atoms with Gasteiger partial charge in [-0.15, -0.1) is 0 Å². The van der Waals surface area contributed by atoms with Crippen LogP contribution < -0.4 is 14.5 Å². The number of ether oxygens (including phenoxy) is 1. The molecule has 0 heterocycles. The second-order valence-electron chi connectivity index (χ2n) is 7.15. The monoisotopic (exact) mass is 609 g/mol. The number of hydrogen-bond donors (Lipinski definition) is 2. The fourth-order valence-corrected chi connectivity index (χ4v) is 5.21. The highest BCUT2D eigenvalue weighted by molar-refractivity contribution is 9.10. The molecule has 0 aliphatic heterocycles. The molecule has 0 saturated heterocycles. The van der Waals surface area contributed by atoms with E-state index in [1.807, 2.05) is 6.92 Å². The van der Waals surface area contributed by atoms with Gasteiger partial charge < -0.3 is 9.84 Å². The van der Waals surface area contributed by atoms with Gasteiger partial charge in [0.25, 0.3) is 15.9 Å². The number of carbonyl (C=O) groups excluding carboxylic acids is 1. The molecule has 3 rings (SSSR count). The Kier molecular flexibility index (Phi) is 8.34. The number of carbonyl (C=O) groups is 1. The van der Waals surface area contributed by atoms with Crippen LogP contribution in [-0.2, 0) is 14.8 Å². The number of nitrogens with zero attached hydrogens (tertiary/aromatic N) is 2. The number of amides is 1. The Morgan fingerprint density at radius 2 is 1.85 bits per heavy atom. The van der Waals surface area contributed by atoms with Crippen LogP contribution in [0.15, 0.2) is 79.6 Å². The minimum atomic E-state index is -4.03. The SMILES string of the molecule is COc1cc(/C=N\NC(=O)CN(c2cccc(Br)c2)S(=O)(=O)c2ccc(C)cc2)cc(Br)c1O. The number of anilines is 1. The number of nitrogens with one attached hydrogen (secondary N) is 1. The zero-order valence-corrected chi connectivity index (χ0v) is 22.2. The molecule has 0 atom stereocenters. The Morgan fingerprint density at radius 1 is 1.15 bits per heavy atom. The lowest BCUT2D eigenvalue weighted by Crippen LogP contribution is -2.39. The number of sulfonamides is 1. The van der Waals surface area contributed by atoms with Gasteiger partial charge in [0.05, 0.1) is 28.4 Å². The van der Waals surface area contributed by atoms with Crippen molar-refractivity contribution in [3.63, 3.8) is 0 Å².